The molecule has 4 nitrogen and oxygen atoms in total. The van der Waals surface area contributed by atoms with Crippen LogP contribution in [0.4, 0.5) is 0 Å². The first-order valence-corrected chi connectivity index (χ1v) is 5.27. The highest BCUT2D eigenvalue weighted by atomic mass is 16.6. The molecular formula is C13H16O4. The lowest BCUT2D eigenvalue weighted by Crippen LogP contribution is -2.10. The van der Waals surface area contributed by atoms with Gasteiger partial charge >= 0.3 is 5.97 Å². The van der Waals surface area contributed by atoms with Crippen LogP contribution in [0.15, 0.2) is 18.2 Å². The molecule has 1 aromatic carbocycles. The molecule has 0 aliphatic carbocycles. The lowest BCUT2D eigenvalue weighted by molar-refractivity contribution is -0.131. The first kappa shape index (κ1) is 13.3. The highest BCUT2D eigenvalue weighted by molar-refractivity contribution is 5.85. The fraction of sp³-hybridized carbons (Fsp3) is 0.308. The number of carbonyl (C=O) groups is 1. The monoisotopic (exact) mass is 236 g/mol. The summed E-state index contributed by atoms with van der Waals surface area (Å²) in [6.07, 6.45) is 1.77. The molecule has 0 saturated carbocycles. The highest BCUT2D eigenvalue weighted by Gasteiger charge is 2.06. The average molecular weight is 236 g/mol. The van der Waals surface area contributed by atoms with E-state index in [1.165, 1.54) is 13.0 Å². The molecule has 1 aromatic rings. The minimum Gasteiger partial charge on any atom is -0.478 e. The van der Waals surface area contributed by atoms with Gasteiger partial charge in [-0.05, 0) is 55.7 Å². The predicted octanol–water partition coefficient (Wildman–Crippen LogP) is 2.12. The maximum absolute atomic E-state index is 10.4. The molecule has 1 rings (SSSR count). The number of aliphatic hydroxyl groups excluding tert-OH is 1. The Morgan fingerprint density at radius 2 is 2.00 bits per heavy atom. The summed E-state index contributed by atoms with van der Waals surface area (Å²) >= 11 is 0. The molecule has 0 aromatic heterocycles. The van der Waals surface area contributed by atoms with E-state index < -0.39 is 12.3 Å². The number of aryl methyl sites for hydroxylation is 2. The third kappa shape index (κ3) is 3.92. The molecule has 0 spiro atoms. The van der Waals surface area contributed by atoms with Gasteiger partial charge in [0.25, 0.3) is 0 Å². The van der Waals surface area contributed by atoms with Gasteiger partial charge in [0.1, 0.15) is 5.75 Å². The Morgan fingerprint density at radius 1 is 1.35 bits per heavy atom. The van der Waals surface area contributed by atoms with Crippen molar-refractivity contribution in [1.82, 2.24) is 0 Å². The van der Waals surface area contributed by atoms with Crippen LogP contribution in [0.25, 0.3) is 6.08 Å². The number of carboxylic acids is 1. The molecule has 0 fully saturated rings. The maximum atomic E-state index is 10.4. The van der Waals surface area contributed by atoms with Crippen molar-refractivity contribution in [1.29, 1.82) is 0 Å². The molecule has 1 atom stereocenters. The number of carboxylic acid groups (broad SMARTS) is 1. The van der Waals surface area contributed by atoms with E-state index in [0.29, 0.717) is 5.75 Å². The summed E-state index contributed by atoms with van der Waals surface area (Å²) in [4.78, 5) is 10.4. The van der Waals surface area contributed by atoms with Gasteiger partial charge in [0.2, 0.25) is 0 Å². The Kier molecular flexibility index (Phi) is 4.29. The van der Waals surface area contributed by atoms with E-state index in [4.69, 9.17) is 14.9 Å². The Labute approximate surface area is 100 Å². The molecule has 0 radical (unpaired) electrons. The van der Waals surface area contributed by atoms with E-state index in [-0.39, 0.29) is 0 Å². The van der Waals surface area contributed by atoms with E-state index in [1.54, 1.807) is 6.07 Å². The fourth-order valence-corrected chi connectivity index (χ4v) is 1.46. The van der Waals surface area contributed by atoms with Crippen molar-refractivity contribution in [3.05, 3.63) is 34.9 Å². The van der Waals surface area contributed by atoms with Gasteiger partial charge in [-0.3, -0.25) is 0 Å². The summed E-state index contributed by atoms with van der Waals surface area (Å²) in [6, 6.07) is 3.61. The Balaban J connectivity index is 3.05. The zero-order valence-electron chi connectivity index (χ0n) is 10.1. The van der Waals surface area contributed by atoms with E-state index in [1.807, 2.05) is 19.9 Å². The molecule has 0 heterocycles. The fourth-order valence-electron chi connectivity index (χ4n) is 1.46. The normalized spacial score (nSPS) is 12.7. The van der Waals surface area contributed by atoms with Gasteiger partial charge in [0.15, 0.2) is 6.29 Å². The molecule has 4 heteroatoms. The van der Waals surface area contributed by atoms with Gasteiger partial charge in [0.05, 0.1) is 0 Å². The predicted molar refractivity (Wildman–Crippen MR) is 64.9 cm³/mol. The van der Waals surface area contributed by atoms with Crippen LogP contribution < -0.4 is 4.74 Å². The topological polar surface area (TPSA) is 66.8 Å². The van der Waals surface area contributed by atoms with Crippen LogP contribution in [0.1, 0.15) is 23.6 Å². The molecule has 0 amide bonds. The number of rotatable bonds is 4. The summed E-state index contributed by atoms with van der Waals surface area (Å²) in [7, 11) is 0. The molecule has 0 aliphatic rings. The Hall–Kier alpha value is -1.81. The quantitative estimate of drug-likeness (QED) is 0.620. The average Bonchev–Trinajstić information content (AvgIpc) is 2.20. The lowest BCUT2D eigenvalue weighted by Gasteiger charge is -2.13. The molecule has 1 unspecified atom stereocenters. The minimum atomic E-state index is -0.980. The van der Waals surface area contributed by atoms with Gasteiger partial charge in [-0.15, -0.1) is 0 Å². The molecule has 0 saturated heterocycles. The zero-order chi connectivity index (χ0) is 13.0. The highest BCUT2D eigenvalue weighted by Crippen LogP contribution is 2.24. The smallest absolute Gasteiger partial charge is 0.328 e. The second-order valence-corrected chi connectivity index (χ2v) is 3.86. The standard InChI is InChI=1S/C13H16O4/c1-8-7-12(17-10(3)14)9(2)6-11(8)4-5-13(15)16/h4-7,10,14H,1-3H3,(H,15,16)/b5-4+. The molecular weight excluding hydrogens is 220 g/mol. The van der Waals surface area contributed by atoms with Crippen molar-refractivity contribution >= 4 is 12.0 Å². The van der Waals surface area contributed by atoms with Crippen LogP contribution in [-0.2, 0) is 4.79 Å². The van der Waals surface area contributed by atoms with E-state index in [2.05, 4.69) is 0 Å². The second-order valence-electron chi connectivity index (χ2n) is 3.86. The minimum absolute atomic E-state index is 0.602. The Bertz CT molecular complexity index is 447. The van der Waals surface area contributed by atoms with Crippen LogP contribution >= 0.6 is 0 Å². The zero-order valence-corrected chi connectivity index (χ0v) is 10.1. The summed E-state index contributed by atoms with van der Waals surface area (Å²) in [5, 5.41) is 17.7. The molecule has 2 N–H and O–H groups in total. The van der Waals surface area contributed by atoms with E-state index >= 15 is 0 Å². The first-order valence-electron chi connectivity index (χ1n) is 5.27. The number of aliphatic carboxylic acids is 1. The van der Waals surface area contributed by atoms with Crippen molar-refractivity contribution in [3.63, 3.8) is 0 Å². The molecule has 0 bridgehead atoms. The first-order chi connectivity index (χ1) is 7.90. The van der Waals surface area contributed by atoms with E-state index in [9.17, 15) is 4.79 Å². The number of benzene rings is 1. The van der Waals surface area contributed by atoms with Crippen molar-refractivity contribution in [3.8, 4) is 5.75 Å². The van der Waals surface area contributed by atoms with E-state index in [0.717, 1.165) is 22.8 Å². The van der Waals surface area contributed by atoms with Crippen molar-refractivity contribution in [2.24, 2.45) is 0 Å². The van der Waals surface area contributed by atoms with Crippen molar-refractivity contribution in [2.75, 3.05) is 0 Å². The number of aliphatic hydroxyl groups is 1. The number of ether oxygens (including phenoxy) is 1. The Morgan fingerprint density at radius 3 is 2.53 bits per heavy atom. The van der Waals surface area contributed by atoms with Gasteiger partial charge in [0, 0.05) is 6.08 Å². The van der Waals surface area contributed by atoms with Crippen LogP contribution in [-0.4, -0.2) is 22.5 Å². The SMILES string of the molecule is Cc1cc(OC(C)O)c(C)cc1/C=C/C(=O)O. The maximum Gasteiger partial charge on any atom is 0.328 e. The third-order valence-corrected chi connectivity index (χ3v) is 2.27. The third-order valence-electron chi connectivity index (χ3n) is 2.27. The summed E-state index contributed by atoms with van der Waals surface area (Å²) in [5.74, 6) is -0.378. The van der Waals surface area contributed by atoms with Gasteiger partial charge < -0.3 is 14.9 Å². The lowest BCUT2D eigenvalue weighted by atomic mass is 10.0. The van der Waals surface area contributed by atoms with Gasteiger partial charge in [-0.1, -0.05) is 0 Å². The van der Waals surface area contributed by atoms with Gasteiger partial charge in [-0.2, -0.15) is 0 Å². The van der Waals surface area contributed by atoms with Crippen LogP contribution in [0.2, 0.25) is 0 Å². The molecule has 0 aliphatic heterocycles. The number of hydrogen-bond acceptors (Lipinski definition) is 3. The van der Waals surface area contributed by atoms with Crippen molar-refractivity contribution in [2.45, 2.75) is 27.1 Å². The number of hydrogen-bond donors (Lipinski definition) is 2. The van der Waals surface area contributed by atoms with Crippen LogP contribution in [0.3, 0.4) is 0 Å². The summed E-state index contributed by atoms with van der Waals surface area (Å²) < 4.78 is 5.22. The van der Waals surface area contributed by atoms with Crippen molar-refractivity contribution < 1.29 is 19.7 Å². The molecule has 92 valence electrons. The van der Waals surface area contributed by atoms with Gasteiger partial charge in [-0.25, -0.2) is 4.79 Å². The summed E-state index contributed by atoms with van der Waals surface area (Å²) in [5.41, 5.74) is 2.56. The molecule has 17 heavy (non-hydrogen) atoms. The largest absolute Gasteiger partial charge is 0.478 e. The van der Waals surface area contributed by atoms with Crippen LogP contribution in [0.5, 0.6) is 5.75 Å². The van der Waals surface area contributed by atoms with Crippen LogP contribution in [0, 0.1) is 13.8 Å². The summed E-state index contributed by atoms with van der Waals surface area (Å²) in [6.45, 7) is 5.23. The second kappa shape index (κ2) is 5.50.